The van der Waals surface area contributed by atoms with Gasteiger partial charge in [0.1, 0.15) is 0 Å². The third-order valence-electron chi connectivity index (χ3n) is 3.10. The second-order valence-electron chi connectivity index (χ2n) is 4.54. The average Bonchev–Trinajstić information content (AvgIpc) is 2.47. The Morgan fingerprint density at radius 1 is 1.21 bits per heavy atom. The zero-order chi connectivity index (χ0) is 14.0. The third-order valence-corrected chi connectivity index (χ3v) is 3.10. The van der Waals surface area contributed by atoms with Crippen LogP contribution in [0.25, 0.3) is 0 Å². The summed E-state index contributed by atoms with van der Waals surface area (Å²) in [4.78, 5) is 0. The minimum absolute atomic E-state index is 0.00906. The first-order valence-corrected chi connectivity index (χ1v) is 6.77. The molecule has 0 aromatic heterocycles. The van der Waals surface area contributed by atoms with E-state index in [9.17, 15) is 5.11 Å². The topological polar surface area (TPSA) is 50.7 Å². The Balaban J connectivity index is 2.65. The van der Waals surface area contributed by atoms with E-state index in [1.54, 1.807) is 7.11 Å². The molecule has 4 heteroatoms. The monoisotopic (exact) mass is 267 g/mol. The largest absolute Gasteiger partial charge is 0.394 e. The summed E-state index contributed by atoms with van der Waals surface area (Å²) in [5, 5.41) is 13.1. The lowest BCUT2D eigenvalue weighted by atomic mass is 9.91. The fourth-order valence-electron chi connectivity index (χ4n) is 2.08. The Bertz CT molecular complexity index is 331. The van der Waals surface area contributed by atoms with Gasteiger partial charge in [-0.05, 0) is 18.5 Å². The lowest BCUT2D eigenvalue weighted by Crippen LogP contribution is -2.49. The zero-order valence-corrected chi connectivity index (χ0v) is 11.9. The summed E-state index contributed by atoms with van der Waals surface area (Å²) >= 11 is 0. The van der Waals surface area contributed by atoms with Crippen LogP contribution in [0, 0.1) is 0 Å². The maximum Gasteiger partial charge on any atom is 0.0905 e. The van der Waals surface area contributed by atoms with Crippen LogP contribution in [0.5, 0.6) is 0 Å². The summed E-state index contributed by atoms with van der Waals surface area (Å²) in [5.74, 6) is 0. The highest BCUT2D eigenvalue weighted by atomic mass is 16.5. The van der Waals surface area contributed by atoms with E-state index in [0.29, 0.717) is 19.8 Å². The quantitative estimate of drug-likeness (QED) is 0.631. The minimum atomic E-state index is -0.525. The van der Waals surface area contributed by atoms with Gasteiger partial charge in [-0.1, -0.05) is 37.3 Å². The number of methoxy groups -OCH3 is 1. The Kier molecular flexibility index (Phi) is 7.67. The number of aliphatic hydroxyl groups is 1. The molecule has 1 atom stereocenters. The molecular formula is C15H25NO3. The van der Waals surface area contributed by atoms with E-state index in [4.69, 9.17) is 9.47 Å². The van der Waals surface area contributed by atoms with Crippen LogP contribution in [0.3, 0.4) is 0 Å². The van der Waals surface area contributed by atoms with Crippen LogP contribution < -0.4 is 5.32 Å². The van der Waals surface area contributed by atoms with Crippen molar-refractivity contribution in [3.8, 4) is 0 Å². The van der Waals surface area contributed by atoms with Gasteiger partial charge in [0.2, 0.25) is 0 Å². The summed E-state index contributed by atoms with van der Waals surface area (Å²) in [5.41, 5.74) is 0.523. The van der Waals surface area contributed by atoms with Crippen LogP contribution in [0.4, 0.5) is 0 Å². The van der Waals surface area contributed by atoms with Crippen molar-refractivity contribution < 1.29 is 14.6 Å². The first kappa shape index (κ1) is 16.1. The summed E-state index contributed by atoms with van der Waals surface area (Å²) in [6.07, 6.45) is 0.860. The highest BCUT2D eigenvalue weighted by Crippen LogP contribution is 2.21. The number of hydrogen-bond acceptors (Lipinski definition) is 4. The second kappa shape index (κ2) is 9.04. The lowest BCUT2D eigenvalue weighted by Gasteiger charge is -2.33. The molecule has 0 heterocycles. The smallest absolute Gasteiger partial charge is 0.0905 e. The number of ether oxygens (including phenoxy) is 2. The molecule has 0 spiro atoms. The molecule has 2 N–H and O–H groups in total. The number of likely N-dealkylation sites (N-methyl/N-ethyl adjacent to an activating group) is 1. The van der Waals surface area contributed by atoms with Gasteiger partial charge in [-0.3, -0.25) is 0 Å². The SMILES string of the molecule is CCNC(CO)(COCCCOC)c1ccccc1. The van der Waals surface area contributed by atoms with E-state index in [0.717, 1.165) is 18.5 Å². The molecule has 19 heavy (non-hydrogen) atoms. The first-order valence-electron chi connectivity index (χ1n) is 6.77. The number of rotatable bonds is 10. The highest BCUT2D eigenvalue weighted by Gasteiger charge is 2.30. The van der Waals surface area contributed by atoms with Crippen LogP contribution in [0.1, 0.15) is 18.9 Å². The van der Waals surface area contributed by atoms with Crippen molar-refractivity contribution in [3.63, 3.8) is 0 Å². The van der Waals surface area contributed by atoms with E-state index >= 15 is 0 Å². The number of nitrogens with one attached hydrogen (secondary N) is 1. The normalized spacial score (nSPS) is 14.3. The molecular weight excluding hydrogens is 242 g/mol. The Morgan fingerprint density at radius 2 is 1.95 bits per heavy atom. The van der Waals surface area contributed by atoms with Gasteiger partial charge in [0, 0.05) is 20.3 Å². The molecule has 0 aliphatic carbocycles. The number of benzene rings is 1. The Hall–Kier alpha value is -0.940. The zero-order valence-electron chi connectivity index (χ0n) is 11.9. The van der Waals surface area contributed by atoms with E-state index in [-0.39, 0.29) is 6.61 Å². The van der Waals surface area contributed by atoms with Gasteiger partial charge in [0.05, 0.1) is 18.8 Å². The Morgan fingerprint density at radius 3 is 2.53 bits per heavy atom. The number of aliphatic hydroxyl groups excluding tert-OH is 1. The van der Waals surface area contributed by atoms with E-state index in [2.05, 4.69) is 5.32 Å². The van der Waals surface area contributed by atoms with Crippen LogP contribution in [0.2, 0.25) is 0 Å². The van der Waals surface area contributed by atoms with E-state index < -0.39 is 5.54 Å². The van der Waals surface area contributed by atoms with E-state index in [1.165, 1.54) is 0 Å². The fraction of sp³-hybridized carbons (Fsp3) is 0.600. The summed E-state index contributed by atoms with van der Waals surface area (Å²) in [7, 11) is 1.68. The fourth-order valence-corrected chi connectivity index (χ4v) is 2.08. The summed E-state index contributed by atoms with van der Waals surface area (Å²) in [6.45, 7) is 4.59. The molecule has 0 saturated heterocycles. The average molecular weight is 267 g/mol. The second-order valence-corrected chi connectivity index (χ2v) is 4.54. The maximum absolute atomic E-state index is 9.80. The predicted octanol–water partition coefficient (Wildman–Crippen LogP) is 1.54. The molecule has 4 nitrogen and oxygen atoms in total. The molecule has 0 saturated carbocycles. The van der Waals surface area contributed by atoms with Crippen molar-refractivity contribution in [3.05, 3.63) is 35.9 Å². The molecule has 0 aliphatic heterocycles. The predicted molar refractivity (Wildman–Crippen MR) is 76.2 cm³/mol. The minimum Gasteiger partial charge on any atom is -0.394 e. The van der Waals surface area contributed by atoms with Crippen LogP contribution >= 0.6 is 0 Å². The third kappa shape index (κ3) is 4.91. The van der Waals surface area contributed by atoms with Gasteiger partial charge in [-0.25, -0.2) is 0 Å². The Labute approximate surface area is 115 Å². The van der Waals surface area contributed by atoms with Crippen molar-refractivity contribution in [2.45, 2.75) is 18.9 Å². The lowest BCUT2D eigenvalue weighted by molar-refractivity contribution is 0.0264. The van der Waals surface area contributed by atoms with Crippen LogP contribution in [0.15, 0.2) is 30.3 Å². The highest BCUT2D eigenvalue weighted by molar-refractivity contribution is 5.25. The van der Waals surface area contributed by atoms with Gasteiger partial charge in [0.25, 0.3) is 0 Å². The number of hydrogen-bond donors (Lipinski definition) is 2. The first-order chi connectivity index (χ1) is 9.29. The summed E-state index contributed by atoms with van der Waals surface area (Å²) in [6, 6.07) is 9.94. The van der Waals surface area contributed by atoms with Crippen molar-refractivity contribution in [1.29, 1.82) is 0 Å². The van der Waals surface area contributed by atoms with Gasteiger partial charge in [-0.2, -0.15) is 0 Å². The van der Waals surface area contributed by atoms with Crippen molar-refractivity contribution in [2.24, 2.45) is 0 Å². The molecule has 1 unspecified atom stereocenters. The van der Waals surface area contributed by atoms with E-state index in [1.807, 2.05) is 37.3 Å². The molecule has 1 aromatic carbocycles. The van der Waals surface area contributed by atoms with Crippen LogP contribution in [-0.2, 0) is 15.0 Å². The molecule has 0 aliphatic rings. The molecule has 0 amide bonds. The van der Waals surface area contributed by atoms with Crippen molar-refractivity contribution in [2.75, 3.05) is 40.1 Å². The molecule has 0 bridgehead atoms. The van der Waals surface area contributed by atoms with Crippen LogP contribution in [-0.4, -0.2) is 45.2 Å². The van der Waals surface area contributed by atoms with Gasteiger partial charge < -0.3 is 19.9 Å². The van der Waals surface area contributed by atoms with Gasteiger partial charge in [0.15, 0.2) is 0 Å². The van der Waals surface area contributed by atoms with Gasteiger partial charge >= 0.3 is 0 Å². The van der Waals surface area contributed by atoms with Crippen molar-refractivity contribution in [1.82, 2.24) is 5.32 Å². The molecule has 0 radical (unpaired) electrons. The van der Waals surface area contributed by atoms with Crippen molar-refractivity contribution >= 4 is 0 Å². The van der Waals surface area contributed by atoms with Gasteiger partial charge in [-0.15, -0.1) is 0 Å². The molecule has 1 rings (SSSR count). The molecule has 1 aromatic rings. The maximum atomic E-state index is 9.80. The molecule has 0 fully saturated rings. The standard InChI is InChI=1S/C15H25NO3/c1-3-16-15(12-17,13-19-11-7-10-18-2)14-8-5-4-6-9-14/h4-6,8-9,16-17H,3,7,10-13H2,1-2H3. The molecule has 108 valence electrons. The summed E-state index contributed by atoms with van der Waals surface area (Å²) < 4.78 is 10.7.